The van der Waals surface area contributed by atoms with Gasteiger partial charge in [0.15, 0.2) is 0 Å². The lowest BCUT2D eigenvalue weighted by molar-refractivity contribution is -0.147. The van der Waals surface area contributed by atoms with Gasteiger partial charge in [0.25, 0.3) is 0 Å². The summed E-state index contributed by atoms with van der Waals surface area (Å²) in [7, 11) is 0. The molecule has 1 saturated carbocycles. The Morgan fingerprint density at radius 2 is 2.00 bits per heavy atom. The van der Waals surface area contributed by atoms with Crippen LogP contribution in [0.5, 0.6) is 0 Å². The normalized spacial score (nSPS) is 31.8. The van der Waals surface area contributed by atoms with Crippen LogP contribution in [0.15, 0.2) is 24.3 Å². The molecular weight excluding hydrogens is 335 g/mol. The Hall–Kier alpha value is -1.95. The first-order valence-electron chi connectivity index (χ1n) is 9.54. The van der Waals surface area contributed by atoms with Crippen molar-refractivity contribution in [2.75, 3.05) is 24.5 Å². The fourth-order valence-electron chi connectivity index (χ4n) is 4.81. The van der Waals surface area contributed by atoms with E-state index in [-0.39, 0.29) is 36.4 Å². The number of amides is 2. The molecule has 3 atom stereocenters. The minimum absolute atomic E-state index is 0.0372. The highest BCUT2D eigenvalue weighted by Gasteiger charge is 2.46. The van der Waals surface area contributed by atoms with Crippen molar-refractivity contribution < 1.29 is 19.1 Å². The predicted octanol–water partition coefficient (Wildman–Crippen LogP) is 2.33. The molecule has 2 aliphatic heterocycles. The van der Waals surface area contributed by atoms with E-state index in [1.165, 1.54) is 11.0 Å². The van der Waals surface area contributed by atoms with Crippen molar-refractivity contribution in [3.8, 4) is 0 Å². The molecule has 0 spiro atoms. The van der Waals surface area contributed by atoms with Crippen molar-refractivity contribution in [3.63, 3.8) is 0 Å². The highest BCUT2D eigenvalue weighted by molar-refractivity contribution is 6.00. The first kappa shape index (κ1) is 17.5. The molecule has 5 nitrogen and oxygen atoms in total. The van der Waals surface area contributed by atoms with E-state index in [4.69, 9.17) is 0 Å². The standard InChI is InChI=1S/C20H25FN2O3/c21-16-6-1-2-7-17(16)23-12-14(11-18(23)24)19(25)22-10-9-20(26)8-4-3-5-15(20)13-22/h1-2,6-7,14-15,26H,3-5,8-13H2. The number of nitrogens with zero attached hydrogens (tertiary/aromatic N) is 2. The highest BCUT2D eigenvalue weighted by atomic mass is 19.1. The molecular formula is C20H25FN2O3. The second-order valence-electron chi connectivity index (χ2n) is 7.94. The summed E-state index contributed by atoms with van der Waals surface area (Å²) in [5, 5.41) is 10.8. The number of fused-ring (bicyclic) bond motifs is 1. The van der Waals surface area contributed by atoms with Crippen molar-refractivity contribution in [1.82, 2.24) is 4.90 Å². The van der Waals surface area contributed by atoms with Crippen LogP contribution in [0.2, 0.25) is 0 Å². The number of halogens is 1. The van der Waals surface area contributed by atoms with Gasteiger partial charge in [0.05, 0.1) is 17.2 Å². The second kappa shape index (κ2) is 6.65. The summed E-state index contributed by atoms with van der Waals surface area (Å²) in [6, 6.07) is 6.17. The molecule has 2 heterocycles. The molecule has 3 fully saturated rings. The van der Waals surface area contributed by atoms with E-state index in [1.807, 2.05) is 4.90 Å². The van der Waals surface area contributed by atoms with Crippen LogP contribution < -0.4 is 4.90 Å². The lowest BCUT2D eigenvalue weighted by atomic mass is 9.71. The van der Waals surface area contributed by atoms with Crippen LogP contribution in [0.25, 0.3) is 0 Å². The van der Waals surface area contributed by atoms with Crippen LogP contribution in [0, 0.1) is 17.7 Å². The van der Waals surface area contributed by atoms with Crippen LogP contribution in [-0.4, -0.2) is 47.1 Å². The largest absolute Gasteiger partial charge is 0.389 e. The monoisotopic (exact) mass is 360 g/mol. The van der Waals surface area contributed by atoms with Gasteiger partial charge in [-0.05, 0) is 31.4 Å². The Labute approximate surface area is 152 Å². The molecule has 6 heteroatoms. The Balaban J connectivity index is 1.45. The molecule has 0 aromatic heterocycles. The van der Waals surface area contributed by atoms with Crippen LogP contribution in [0.4, 0.5) is 10.1 Å². The van der Waals surface area contributed by atoms with Crippen molar-refractivity contribution in [2.45, 2.75) is 44.1 Å². The summed E-state index contributed by atoms with van der Waals surface area (Å²) in [5.41, 5.74) is -0.382. The maximum atomic E-state index is 14.0. The SMILES string of the molecule is O=C(C1CC(=O)N(c2ccccc2F)C1)N1CCC2(O)CCCCC2C1. The van der Waals surface area contributed by atoms with Crippen LogP contribution in [0.1, 0.15) is 38.5 Å². The number of likely N-dealkylation sites (tertiary alicyclic amines) is 1. The van der Waals surface area contributed by atoms with Crippen LogP contribution in [0.3, 0.4) is 0 Å². The molecule has 3 unspecified atom stereocenters. The van der Waals surface area contributed by atoms with Gasteiger partial charge >= 0.3 is 0 Å². The molecule has 0 radical (unpaired) electrons. The molecule has 0 bridgehead atoms. The number of hydrogen-bond donors (Lipinski definition) is 1. The fraction of sp³-hybridized carbons (Fsp3) is 0.600. The summed E-state index contributed by atoms with van der Waals surface area (Å²) >= 11 is 0. The molecule has 1 aromatic carbocycles. The zero-order valence-corrected chi connectivity index (χ0v) is 14.9. The van der Waals surface area contributed by atoms with E-state index in [9.17, 15) is 19.1 Å². The fourth-order valence-corrected chi connectivity index (χ4v) is 4.81. The van der Waals surface area contributed by atoms with Crippen LogP contribution >= 0.6 is 0 Å². The Morgan fingerprint density at radius 1 is 1.19 bits per heavy atom. The number of carbonyl (C=O) groups excluding carboxylic acids is 2. The van der Waals surface area contributed by atoms with Gasteiger partial charge in [0.2, 0.25) is 11.8 Å². The summed E-state index contributed by atoms with van der Waals surface area (Å²) in [4.78, 5) is 28.5. The van der Waals surface area contributed by atoms with E-state index < -0.39 is 17.3 Å². The Bertz CT molecular complexity index is 725. The average molecular weight is 360 g/mol. The third-order valence-electron chi connectivity index (χ3n) is 6.36. The molecule has 2 saturated heterocycles. The first-order chi connectivity index (χ1) is 12.5. The van der Waals surface area contributed by atoms with Gasteiger partial charge in [-0.2, -0.15) is 0 Å². The van der Waals surface area contributed by atoms with Crippen LogP contribution in [-0.2, 0) is 9.59 Å². The number of rotatable bonds is 2. The quantitative estimate of drug-likeness (QED) is 0.881. The highest BCUT2D eigenvalue weighted by Crippen LogP contribution is 2.40. The maximum Gasteiger partial charge on any atom is 0.228 e. The zero-order chi connectivity index (χ0) is 18.3. The average Bonchev–Trinajstić information content (AvgIpc) is 3.02. The van der Waals surface area contributed by atoms with E-state index in [2.05, 4.69) is 0 Å². The number of hydrogen-bond acceptors (Lipinski definition) is 3. The number of para-hydroxylation sites is 1. The van der Waals surface area contributed by atoms with Crippen molar-refractivity contribution >= 4 is 17.5 Å². The minimum atomic E-state index is -0.625. The minimum Gasteiger partial charge on any atom is -0.389 e. The Kier molecular flexibility index (Phi) is 4.47. The van der Waals surface area contributed by atoms with Crippen molar-refractivity contribution in [2.24, 2.45) is 11.8 Å². The van der Waals surface area contributed by atoms with E-state index in [0.717, 1.165) is 25.7 Å². The lowest BCUT2D eigenvalue weighted by Gasteiger charge is -2.47. The number of anilines is 1. The lowest BCUT2D eigenvalue weighted by Crippen LogP contribution is -2.55. The summed E-state index contributed by atoms with van der Waals surface area (Å²) in [6.07, 6.45) is 4.65. The third kappa shape index (κ3) is 3.00. The smallest absolute Gasteiger partial charge is 0.228 e. The third-order valence-corrected chi connectivity index (χ3v) is 6.36. The van der Waals surface area contributed by atoms with E-state index >= 15 is 0 Å². The molecule has 3 aliphatic rings. The number of carbonyl (C=O) groups is 2. The zero-order valence-electron chi connectivity index (χ0n) is 14.9. The van der Waals surface area contributed by atoms with Gasteiger partial charge in [-0.1, -0.05) is 25.0 Å². The van der Waals surface area contributed by atoms with Gasteiger partial charge < -0.3 is 14.9 Å². The van der Waals surface area contributed by atoms with E-state index in [1.54, 1.807) is 18.2 Å². The first-order valence-corrected chi connectivity index (χ1v) is 9.54. The van der Waals surface area contributed by atoms with Gasteiger partial charge in [0, 0.05) is 32.0 Å². The van der Waals surface area contributed by atoms with Gasteiger partial charge in [0.1, 0.15) is 5.82 Å². The molecule has 1 N–H and O–H groups in total. The maximum absolute atomic E-state index is 14.0. The Morgan fingerprint density at radius 3 is 2.81 bits per heavy atom. The van der Waals surface area contributed by atoms with Gasteiger partial charge in [-0.25, -0.2) is 4.39 Å². The van der Waals surface area contributed by atoms with Crippen molar-refractivity contribution in [3.05, 3.63) is 30.1 Å². The molecule has 4 rings (SSSR count). The summed E-state index contributed by atoms with van der Waals surface area (Å²) in [6.45, 7) is 1.33. The van der Waals surface area contributed by atoms with Gasteiger partial charge in [-0.3, -0.25) is 9.59 Å². The number of benzene rings is 1. The number of aliphatic hydroxyl groups is 1. The molecule has 26 heavy (non-hydrogen) atoms. The van der Waals surface area contributed by atoms with E-state index in [0.29, 0.717) is 19.5 Å². The molecule has 1 aromatic rings. The molecule has 2 amide bonds. The van der Waals surface area contributed by atoms with Gasteiger partial charge in [-0.15, -0.1) is 0 Å². The molecule has 140 valence electrons. The predicted molar refractivity (Wildman–Crippen MR) is 95.0 cm³/mol. The summed E-state index contributed by atoms with van der Waals surface area (Å²) in [5.74, 6) is -0.991. The number of piperidine rings is 1. The van der Waals surface area contributed by atoms with Crippen molar-refractivity contribution in [1.29, 1.82) is 0 Å². The summed E-state index contributed by atoms with van der Waals surface area (Å²) < 4.78 is 14.0. The second-order valence-corrected chi connectivity index (χ2v) is 7.94. The topological polar surface area (TPSA) is 60.9 Å². The molecule has 1 aliphatic carbocycles.